The standard InChI is InChI=1S/C20H25N3O3.2ClH/c1-2-25-17-5-7-18(8-6-17)26-20-11-16(9-10-22-20)13-23-19(24)14-21-12-15-3-4-15;;/h5-11,15,21H,2-4,12-14H2,1H3,(H,23,24);2*1H. The Morgan fingerprint density at radius 1 is 1.14 bits per heavy atom. The van der Waals surface area contributed by atoms with Crippen molar-refractivity contribution >= 4 is 30.7 Å². The lowest BCUT2D eigenvalue weighted by molar-refractivity contribution is -0.120. The molecule has 1 aliphatic carbocycles. The zero-order valence-corrected chi connectivity index (χ0v) is 17.5. The summed E-state index contributed by atoms with van der Waals surface area (Å²) in [5, 5.41) is 6.09. The van der Waals surface area contributed by atoms with E-state index in [-0.39, 0.29) is 30.7 Å². The van der Waals surface area contributed by atoms with Gasteiger partial charge in [0.25, 0.3) is 0 Å². The second kappa shape index (κ2) is 12.4. The number of ether oxygens (including phenoxy) is 2. The molecular formula is C20H27Cl2N3O3. The van der Waals surface area contributed by atoms with Crippen molar-refractivity contribution in [3.8, 4) is 17.4 Å². The largest absolute Gasteiger partial charge is 0.494 e. The molecule has 8 heteroatoms. The molecule has 6 nitrogen and oxygen atoms in total. The van der Waals surface area contributed by atoms with Gasteiger partial charge in [0.2, 0.25) is 11.8 Å². The summed E-state index contributed by atoms with van der Waals surface area (Å²) in [6.45, 7) is 4.32. The first-order chi connectivity index (χ1) is 12.7. The van der Waals surface area contributed by atoms with Crippen LogP contribution in [-0.4, -0.2) is 30.6 Å². The molecule has 1 aromatic carbocycles. The van der Waals surface area contributed by atoms with Gasteiger partial charge in [-0.05, 0) is 68.1 Å². The van der Waals surface area contributed by atoms with Crippen LogP contribution in [0.3, 0.4) is 0 Å². The lowest BCUT2D eigenvalue weighted by Gasteiger charge is -2.09. The minimum absolute atomic E-state index is 0. The average Bonchev–Trinajstić information content (AvgIpc) is 3.47. The van der Waals surface area contributed by atoms with Crippen LogP contribution < -0.4 is 20.1 Å². The topological polar surface area (TPSA) is 72.5 Å². The van der Waals surface area contributed by atoms with E-state index >= 15 is 0 Å². The zero-order valence-electron chi connectivity index (χ0n) is 15.8. The van der Waals surface area contributed by atoms with E-state index < -0.39 is 0 Å². The second-order valence-electron chi connectivity index (χ2n) is 6.36. The summed E-state index contributed by atoms with van der Waals surface area (Å²) in [6, 6.07) is 11.1. The van der Waals surface area contributed by atoms with Gasteiger partial charge in [0.05, 0.1) is 13.2 Å². The monoisotopic (exact) mass is 427 g/mol. The Morgan fingerprint density at radius 2 is 1.86 bits per heavy atom. The van der Waals surface area contributed by atoms with Crippen molar-refractivity contribution < 1.29 is 14.3 Å². The third-order valence-electron chi connectivity index (χ3n) is 4.06. The van der Waals surface area contributed by atoms with Crippen LogP contribution in [0.5, 0.6) is 17.4 Å². The van der Waals surface area contributed by atoms with Crippen molar-refractivity contribution in [2.45, 2.75) is 26.3 Å². The molecule has 1 amide bonds. The number of halogens is 2. The molecule has 0 radical (unpaired) electrons. The SMILES string of the molecule is CCOc1ccc(Oc2cc(CNC(=O)CNCC3CC3)ccn2)cc1.Cl.Cl. The molecule has 1 heterocycles. The Bertz CT molecular complexity index is 725. The van der Waals surface area contributed by atoms with Gasteiger partial charge < -0.3 is 20.1 Å². The van der Waals surface area contributed by atoms with Gasteiger partial charge in [-0.3, -0.25) is 4.79 Å². The number of aromatic nitrogens is 1. The van der Waals surface area contributed by atoms with Gasteiger partial charge >= 0.3 is 0 Å². The summed E-state index contributed by atoms with van der Waals surface area (Å²) < 4.78 is 11.2. The van der Waals surface area contributed by atoms with Gasteiger partial charge in [-0.1, -0.05) is 0 Å². The highest BCUT2D eigenvalue weighted by Gasteiger charge is 2.20. The number of nitrogens with zero attached hydrogens (tertiary/aromatic N) is 1. The lowest BCUT2D eigenvalue weighted by atomic mass is 10.2. The van der Waals surface area contributed by atoms with Crippen LogP contribution in [0.25, 0.3) is 0 Å². The van der Waals surface area contributed by atoms with Crippen LogP contribution in [0.1, 0.15) is 25.3 Å². The maximum atomic E-state index is 11.8. The summed E-state index contributed by atoms with van der Waals surface area (Å²) in [5.74, 6) is 2.75. The second-order valence-corrected chi connectivity index (χ2v) is 6.36. The summed E-state index contributed by atoms with van der Waals surface area (Å²) in [5.41, 5.74) is 0.941. The molecule has 2 aromatic rings. The lowest BCUT2D eigenvalue weighted by Crippen LogP contribution is -2.34. The Morgan fingerprint density at radius 3 is 2.54 bits per heavy atom. The molecule has 28 heavy (non-hydrogen) atoms. The number of amides is 1. The van der Waals surface area contributed by atoms with E-state index in [2.05, 4.69) is 15.6 Å². The summed E-state index contributed by atoms with van der Waals surface area (Å²) in [4.78, 5) is 16.1. The number of carbonyl (C=O) groups excluding carboxylic acids is 1. The summed E-state index contributed by atoms with van der Waals surface area (Å²) in [7, 11) is 0. The van der Waals surface area contributed by atoms with Crippen molar-refractivity contribution in [1.82, 2.24) is 15.6 Å². The van der Waals surface area contributed by atoms with E-state index in [9.17, 15) is 4.79 Å². The Kier molecular flexibility index (Phi) is 10.7. The molecule has 0 unspecified atom stereocenters. The highest BCUT2D eigenvalue weighted by molar-refractivity contribution is 5.85. The highest BCUT2D eigenvalue weighted by atomic mass is 35.5. The maximum absolute atomic E-state index is 11.8. The zero-order chi connectivity index (χ0) is 18.2. The third kappa shape index (κ3) is 8.33. The molecule has 3 rings (SSSR count). The van der Waals surface area contributed by atoms with Crippen LogP contribution >= 0.6 is 24.8 Å². The number of benzene rings is 1. The molecule has 1 aliphatic rings. The minimum atomic E-state index is -0.00329. The number of carbonyl (C=O) groups is 1. The normalized spacial score (nSPS) is 12.3. The number of hydrogen-bond donors (Lipinski definition) is 2. The third-order valence-corrected chi connectivity index (χ3v) is 4.06. The van der Waals surface area contributed by atoms with Crippen LogP contribution in [0, 0.1) is 5.92 Å². The molecule has 0 aliphatic heterocycles. The fraction of sp³-hybridized carbons (Fsp3) is 0.400. The predicted octanol–water partition coefficient (Wildman–Crippen LogP) is 3.73. The van der Waals surface area contributed by atoms with E-state index in [0.29, 0.717) is 31.3 Å². The van der Waals surface area contributed by atoms with E-state index in [1.54, 1.807) is 6.20 Å². The van der Waals surface area contributed by atoms with Gasteiger partial charge in [-0.15, -0.1) is 24.8 Å². The summed E-state index contributed by atoms with van der Waals surface area (Å²) >= 11 is 0. The van der Waals surface area contributed by atoms with Crippen LogP contribution in [-0.2, 0) is 11.3 Å². The van der Waals surface area contributed by atoms with Crippen LogP contribution in [0.2, 0.25) is 0 Å². The van der Waals surface area contributed by atoms with E-state index in [1.165, 1.54) is 12.8 Å². The molecule has 1 fully saturated rings. The first-order valence-electron chi connectivity index (χ1n) is 9.06. The number of hydrogen-bond acceptors (Lipinski definition) is 5. The molecule has 154 valence electrons. The van der Waals surface area contributed by atoms with Crippen LogP contribution in [0.4, 0.5) is 0 Å². The average molecular weight is 428 g/mol. The van der Waals surface area contributed by atoms with E-state index in [0.717, 1.165) is 23.8 Å². The molecule has 2 N–H and O–H groups in total. The van der Waals surface area contributed by atoms with Crippen molar-refractivity contribution in [2.75, 3.05) is 19.7 Å². The van der Waals surface area contributed by atoms with Gasteiger partial charge in [0.15, 0.2) is 0 Å². The fourth-order valence-corrected chi connectivity index (χ4v) is 2.48. The number of rotatable bonds is 10. The molecule has 0 bridgehead atoms. The van der Waals surface area contributed by atoms with Gasteiger partial charge in [0, 0.05) is 18.8 Å². The van der Waals surface area contributed by atoms with Gasteiger partial charge in [0.1, 0.15) is 11.5 Å². The quantitative estimate of drug-likeness (QED) is 0.604. The smallest absolute Gasteiger partial charge is 0.234 e. The number of pyridine rings is 1. The first-order valence-corrected chi connectivity index (χ1v) is 9.06. The molecule has 0 atom stereocenters. The molecule has 0 saturated heterocycles. The number of nitrogens with one attached hydrogen (secondary N) is 2. The van der Waals surface area contributed by atoms with E-state index in [1.807, 2.05) is 43.3 Å². The Balaban J connectivity index is 0.00000196. The summed E-state index contributed by atoms with van der Waals surface area (Å²) in [6.07, 6.45) is 4.24. The highest BCUT2D eigenvalue weighted by Crippen LogP contribution is 2.27. The molecule has 0 spiro atoms. The minimum Gasteiger partial charge on any atom is -0.494 e. The van der Waals surface area contributed by atoms with Crippen molar-refractivity contribution in [3.05, 3.63) is 48.2 Å². The van der Waals surface area contributed by atoms with E-state index in [4.69, 9.17) is 9.47 Å². The Hall–Kier alpha value is -2.02. The molecule has 1 saturated carbocycles. The van der Waals surface area contributed by atoms with Gasteiger partial charge in [-0.2, -0.15) is 0 Å². The fourth-order valence-electron chi connectivity index (χ4n) is 2.48. The van der Waals surface area contributed by atoms with Crippen molar-refractivity contribution in [1.29, 1.82) is 0 Å². The maximum Gasteiger partial charge on any atom is 0.234 e. The predicted molar refractivity (Wildman–Crippen MR) is 114 cm³/mol. The van der Waals surface area contributed by atoms with Crippen molar-refractivity contribution in [3.63, 3.8) is 0 Å². The first kappa shape index (κ1) is 24.0. The Labute approximate surface area is 178 Å². The van der Waals surface area contributed by atoms with Crippen molar-refractivity contribution in [2.24, 2.45) is 5.92 Å². The van der Waals surface area contributed by atoms with Gasteiger partial charge in [-0.25, -0.2) is 4.98 Å². The molecule has 1 aromatic heterocycles. The molecular weight excluding hydrogens is 401 g/mol. The van der Waals surface area contributed by atoms with Crippen LogP contribution in [0.15, 0.2) is 42.6 Å².